The van der Waals surface area contributed by atoms with Gasteiger partial charge in [-0.2, -0.15) is 0 Å². The minimum atomic E-state index is -0.197. The Balaban J connectivity index is 2.15. The van der Waals surface area contributed by atoms with Crippen molar-refractivity contribution < 1.29 is 14.3 Å². The fourth-order valence-corrected chi connectivity index (χ4v) is 1.67. The highest BCUT2D eigenvalue weighted by Crippen LogP contribution is 2.07. The SMILES string of the molecule is COC(=O)CCN(C)CC1CCC(=O)N1. The second kappa shape index (κ2) is 5.70. The maximum absolute atomic E-state index is 10.9. The molecule has 1 aliphatic heterocycles. The molecule has 5 heteroatoms. The summed E-state index contributed by atoms with van der Waals surface area (Å²) in [5, 5.41) is 2.89. The Kier molecular flexibility index (Phi) is 4.55. The molecule has 1 rings (SSSR count). The first-order chi connectivity index (χ1) is 7.11. The van der Waals surface area contributed by atoms with Crippen LogP contribution in [0.1, 0.15) is 19.3 Å². The molecule has 0 bridgehead atoms. The summed E-state index contributed by atoms with van der Waals surface area (Å²) in [6.07, 6.45) is 1.91. The number of rotatable bonds is 5. The highest BCUT2D eigenvalue weighted by molar-refractivity contribution is 5.78. The Labute approximate surface area is 89.8 Å². The minimum Gasteiger partial charge on any atom is -0.469 e. The molecule has 0 radical (unpaired) electrons. The number of carbonyl (C=O) groups excluding carboxylic acids is 2. The zero-order chi connectivity index (χ0) is 11.3. The molecule has 1 N–H and O–H groups in total. The van der Waals surface area contributed by atoms with Crippen LogP contribution in [0.25, 0.3) is 0 Å². The van der Waals surface area contributed by atoms with Crippen molar-refractivity contribution in [2.75, 3.05) is 27.2 Å². The number of nitrogens with zero attached hydrogens (tertiary/aromatic N) is 1. The van der Waals surface area contributed by atoms with Crippen LogP contribution < -0.4 is 5.32 Å². The van der Waals surface area contributed by atoms with Gasteiger partial charge in [-0.05, 0) is 13.5 Å². The van der Waals surface area contributed by atoms with E-state index in [1.807, 2.05) is 11.9 Å². The lowest BCUT2D eigenvalue weighted by Crippen LogP contribution is -2.37. The smallest absolute Gasteiger partial charge is 0.306 e. The molecule has 0 spiro atoms. The lowest BCUT2D eigenvalue weighted by atomic mass is 10.2. The molecule has 0 aromatic rings. The van der Waals surface area contributed by atoms with Gasteiger partial charge in [0.25, 0.3) is 0 Å². The monoisotopic (exact) mass is 214 g/mol. The van der Waals surface area contributed by atoms with Gasteiger partial charge in [0.2, 0.25) is 5.91 Å². The van der Waals surface area contributed by atoms with E-state index in [2.05, 4.69) is 10.1 Å². The largest absolute Gasteiger partial charge is 0.469 e. The Morgan fingerprint density at radius 1 is 1.67 bits per heavy atom. The summed E-state index contributed by atoms with van der Waals surface area (Å²) in [5.74, 6) is -0.0707. The highest BCUT2D eigenvalue weighted by atomic mass is 16.5. The van der Waals surface area contributed by atoms with Crippen LogP contribution in [0.4, 0.5) is 0 Å². The third-order valence-corrected chi connectivity index (χ3v) is 2.54. The Hall–Kier alpha value is -1.10. The van der Waals surface area contributed by atoms with Crippen molar-refractivity contribution in [2.45, 2.75) is 25.3 Å². The van der Waals surface area contributed by atoms with Gasteiger partial charge in [-0.25, -0.2) is 0 Å². The van der Waals surface area contributed by atoms with E-state index in [-0.39, 0.29) is 17.9 Å². The maximum Gasteiger partial charge on any atom is 0.306 e. The molecule has 0 saturated carbocycles. The van der Waals surface area contributed by atoms with Crippen molar-refractivity contribution in [3.63, 3.8) is 0 Å². The Bertz CT molecular complexity index is 243. The van der Waals surface area contributed by atoms with Gasteiger partial charge in [-0.3, -0.25) is 9.59 Å². The van der Waals surface area contributed by atoms with Crippen molar-refractivity contribution in [2.24, 2.45) is 0 Å². The fraction of sp³-hybridized carbons (Fsp3) is 0.800. The number of ether oxygens (including phenoxy) is 1. The van der Waals surface area contributed by atoms with Crippen molar-refractivity contribution in [3.8, 4) is 0 Å². The van der Waals surface area contributed by atoms with E-state index in [0.29, 0.717) is 19.4 Å². The van der Waals surface area contributed by atoms with Crippen LogP contribution >= 0.6 is 0 Å². The van der Waals surface area contributed by atoms with Gasteiger partial charge in [0.05, 0.1) is 13.5 Å². The number of hydrogen-bond acceptors (Lipinski definition) is 4. The molecule has 1 amide bonds. The molecule has 1 atom stereocenters. The number of methoxy groups -OCH3 is 1. The van der Waals surface area contributed by atoms with E-state index in [1.165, 1.54) is 7.11 Å². The van der Waals surface area contributed by atoms with E-state index < -0.39 is 0 Å². The number of nitrogens with one attached hydrogen (secondary N) is 1. The first-order valence-corrected chi connectivity index (χ1v) is 5.16. The average Bonchev–Trinajstić information content (AvgIpc) is 2.60. The van der Waals surface area contributed by atoms with E-state index in [1.54, 1.807) is 0 Å². The standard InChI is InChI=1S/C10H18N2O3/c1-12(6-5-10(14)15-2)7-8-3-4-9(13)11-8/h8H,3-7H2,1-2H3,(H,11,13). The van der Waals surface area contributed by atoms with Crippen LogP contribution in [0.3, 0.4) is 0 Å². The van der Waals surface area contributed by atoms with Crippen molar-refractivity contribution in [3.05, 3.63) is 0 Å². The second-order valence-corrected chi connectivity index (χ2v) is 3.89. The van der Waals surface area contributed by atoms with Gasteiger partial charge in [-0.1, -0.05) is 0 Å². The second-order valence-electron chi connectivity index (χ2n) is 3.89. The zero-order valence-corrected chi connectivity index (χ0v) is 9.28. The summed E-state index contributed by atoms with van der Waals surface area (Å²) < 4.78 is 4.55. The molecule has 1 unspecified atom stereocenters. The maximum atomic E-state index is 10.9. The predicted octanol–water partition coefficient (Wildman–Crippen LogP) is -0.240. The summed E-state index contributed by atoms with van der Waals surface area (Å²) in [4.78, 5) is 23.9. The molecule has 1 fully saturated rings. The molecule has 1 heterocycles. The quantitative estimate of drug-likeness (QED) is 0.642. The average molecular weight is 214 g/mol. The molecule has 5 nitrogen and oxygen atoms in total. The first-order valence-electron chi connectivity index (χ1n) is 5.16. The van der Waals surface area contributed by atoms with Crippen LogP contribution in [-0.2, 0) is 14.3 Å². The van der Waals surface area contributed by atoms with Crippen LogP contribution in [0.5, 0.6) is 0 Å². The summed E-state index contributed by atoms with van der Waals surface area (Å²) in [7, 11) is 3.33. The number of hydrogen-bond donors (Lipinski definition) is 1. The molecule has 0 aliphatic carbocycles. The van der Waals surface area contributed by atoms with Crippen LogP contribution in [-0.4, -0.2) is 50.1 Å². The molecule has 0 aromatic carbocycles. The molecular formula is C10H18N2O3. The summed E-state index contributed by atoms with van der Waals surface area (Å²) >= 11 is 0. The van der Waals surface area contributed by atoms with E-state index >= 15 is 0 Å². The molecular weight excluding hydrogens is 196 g/mol. The third kappa shape index (κ3) is 4.29. The molecule has 15 heavy (non-hydrogen) atoms. The van der Waals surface area contributed by atoms with Crippen LogP contribution in [0, 0.1) is 0 Å². The summed E-state index contributed by atoms with van der Waals surface area (Å²) in [6.45, 7) is 1.46. The first kappa shape index (κ1) is 12.0. The fourth-order valence-electron chi connectivity index (χ4n) is 1.67. The minimum absolute atomic E-state index is 0.126. The lowest BCUT2D eigenvalue weighted by molar-refractivity contribution is -0.141. The Morgan fingerprint density at radius 3 is 2.93 bits per heavy atom. The van der Waals surface area contributed by atoms with Crippen LogP contribution in [0.15, 0.2) is 0 Å². The van der Waals surface area contributed by atoms with Gasteiger partial charge in [0.1, 0.15) is 0 Å². The van der Waals surface area contributed by atoms with E-state index in [0.717, 1.165) is 13.0 Å². The summed E-state index contributed by atoms with van der Waals surface area (Å²) in [6, 6.07) is 0.236. The Morgan fingerprint density at radius 2 is 2.40 bits per heavy atom. The topological polar surface area (TPSA) is 58.6 Å². The van der Waals surface area contributed by atoms with Gasteiger partial charge < -0.3 is 15.0 Å². The lowest BCUT2D eigenvalue weighted by Gasteiger charge is -2.20. The molecule has 1 saturated heterocycles. The van der Waals surface area contributed by atoms with Gasteiger partial charge in [-0.15, -0.1) is 0 Å². The molecule has 1 aliphatic rings. The zero-order valence-electron chi connectivity index (χ0n) is 9.28. The van der Waals surface area contributed by atoms with Crippen molar-refractivity contribution in [1.29, 1.82) is 0 Å². The van der Waals surface area contributed by atoms with Crippen molar-refractivity contribution >= 4 is 11.9 Å². The third-order valence-electron chi connectivity index (χ3n) is 2.54. The highest BCUT2D eigenvalue weighted by Gasteiger charge is 2.21. The van der Waals surface area contributed by atoms with Gasteiger partial charge >= 0.3 is 5.97 Å². The van der Waals surface area contributed by atoms with Crippen LogP contribution in [0.2, 0.25) is 0 Å². The molecule has 86 valence electrons. The van der Waals surface area contributed by atoms with E-state index in [4.69, 9.17) is 0 Å². The molecule has 0 aromatic heterocycles. The van der Waals surface area contributed by atoms with Crippen molar-refractivity contribution in [1.82, 2.24) is 10.2 Å². The summed E-state index contributed by atoms with van der Waals surface area (Å²) in [5.41, 5.74) is 0. The van der Waals surface area contributed by atoms with Gasteiger partial charge in [0, 0.05) is 25.6 Å². The number of carbonyl (C=O) groups is 2. The van der Waals surface area contributed by atoms with Gasteiger partial charge in [0.15, 0.2) is 0 Å². The number of likely N-dealkylation sites (N-methyl/N-ethyl adjacent to an activating group) is 1. The van der Waals surface area contributed by atoms with E-state index in [9.17, 15) is 9.59 Å². The number of amides is 1. The number of esters is 1. The predicted molar refractivity (Wildman–Crippen MR) is 55.3 cm³/mol. The normalized spacial score (nSPS) is 20.5.